The summed E-state index contributed by atoms with van der Waals surface area (Å²) in [6.07, 6.45) is 1.98. The maximum absolute atomic E-state index is 13.3. The fourth-order valence-electron chi connectivity index (χ4n) is 4.50. The molecule has 1 saturated carbocycles. The van der Waals surface area contributed by atoms with E-state index in [4.69, 9.17) is 0 Å². The SMILES string of the molecule is O=C(O)[C@H]1CCC[C@@H]1C(=O)c1ccccc1-c1ccc(Nc2nc3ccccc3s2)cc1. The van der Waals surface area contributed by atoms with E-state index >= 15 is 0 Å². The van der Waals surface area contributed by atoms with Crippen LogP contribution >= 0.6 is 11.3 Å². The molecule has 1 aliphatic rings. The molecule has 2 N–H and O–H groups in total. The molecule has 0 aliphatic heterocycles. The summed E-state index contributed by atoms with van der Waals surface area (Å²) in [5.41, 5.74) is 4.24. The second-order valence-electron chi connectivity index (χ2n) is 8.08. The molecule has 2 atom stereocenters. The van der Waals surface area contributed by atoms with Crippen LogP contribution in [0.3, 0.4) is 0 Å². The van der Waals surface area contributed by atoms with Crippen LogP contribution in [-0.2, 0) is 4.79 Å². The lowest BCUT2D eigenvalue weighted by atomic mass is 9.85. The van der Waals surface area contributed by atoms with Crippen LogP contribution in [0.4, 0.5) is 10.8 Å². The zero-order chi connectivity index (χ0) is 22.1. The third kappa shape index (κ3) is 3.89. The minimum atomic E-state index is -0.872. The number of Topliss-reactive ketones (excluding diaryl/α,β-unsaturated/α-hetero) is 1. The molecule has 1 heterocycles. The van der Waals surface area contributed by atoms with E-state index in [9.17, 15) is 14.7 Å². The number of benzene rings is 3. The van der Waals surface area contributed by atoms with Crippen molar-refractivity contribution in [2.45, 2.75) is 19.3 Å². The third-order valence-electron chi connectivity index (χ3n) is 6.10. The predicted molar refractivity (Wildman–Crippen MR) is 128 cm³/mol. The normalized spacial score (nSPS) is 18.0. The number of para-hydroxylation sites is 1. The summed E-state index contributed by atoms with van der Waals surface area (Å²) >= 11 is 1.60. The van der Waals surface area contributed by atoms with Crippen molar-refractivity contribution in [3.63, 3.8) is 0 Å². The first-order valence-corrected chi connectivity index (χ1v) is 11.5. The zero-order valence-corrected chi connectivity index (χ0v) is 18.1. The molecule has 0 radical (unpaired) electrons. The van der Waals surface area contributed by atoms with Gasteiger partial charge in [-0.15, -0.1) is 0 Å². The predicted octanol–water partition coefficient (Wildman–Crippen LogP) is 6.39. The van der Waals surface area contributed by atoms with Gasteiger partial charge in [0.2, 0.25) is 0 Å². The van der Waals surface area contributed by atoms with Crippen molar-refractivity contribution in [1.82, 2.24) is 4.98 Å². The summed E-state index contributed by atoms with van der Waals surface area (Å²) in [6.45, 7) is 0. The van der Waals surface area contributed by atoms with Gasteiger partial charge in [0, 0.05) is 17.2 Å². The monoisotopic (exact) mass is 442 g/mol. The fourth-order valence-corrected chi connectivity index (χ4v) is 5.39. The number of nitrogens with one attached hydrogen (secondary N) is 1. The summed E-state index contributed by atoms with van der Waals surface area (Å²) in [5, 5.41) is 13.7. The van der Waals surface area contributed by atoms with Gasteiger partial charge in [0.1, 0.15) is 0 Å². The Morgan fingerprint density at radius 3 is 2.41 bits per heavy atom. The van der Waals surface area contributed by atoms with E-state index in [0.717, 1.165) is 38.6 Å². The largest absolute Gasteiger partial charge is 0.481 e. The second-order valence-corrected chi connectivity index (χ2v) is 9.11. The highest BCUT2D eigenvalue weighted by molar-refractivity contribution is 7.22. The van der Waals surface area contributed by atoms with Crippen molar-refractivity contribution in [2.75, 3.05) is 5.32 Å². The fraction of sp³-hybridized carbons (Fsp3) is 0.192. The highest BCUT2D eigenvalue weighted by Gasteiger charge is 2.38. The average Bonchev–Trinajstić information content (AvgIpc) is 3.46. The molecule has 0 unspecified atom stereocenters. The molecule has 1 aromatic heterocycles. The lowest BCUT2D eigenvalue weighted by molar-refractivity contribution is -0.142. The van der Waals surface area contributed by atoms with E-state index in [1.807, 2.05) is 66.7 Å². The van der Waals surface area contributed by atoms with E-state index in [-0.39, 0.29) is 5.78 Å². The van der Waals surface area contributed by atoms with Gasteiger partial charge in [-0.25, -0.2) is 4.98 Å². The van der Waals surface area contributed by atoms with Gasteiger partial charge < -0.3 is 10.4 Å². The molecule has 5 nitrogen and oxygen atoms in total. The van der Waals surface area contributed by atoms with E-state index in [2.05, 4.69) is 16.4 Å². The summed E-state index contributed by atoms with van der Waals surface area (Å²) in [6, 6.07) is 23.4. The number of hydrogen-bond acceptors (Lipinski definition) is 5. The molecule has 6 heteroatoms. The number of carbonyl (C=O) groups is 2. The number of rotatable bonds is 6. The molecule has 0 bridgehead atoms. The number of carboxylic acids is 1. The molecule has 1 fully saturated rings. The molecule has 160 valence electrons. The Hall–Kier alpha value is -3.51. The molecule has 0 saturated heterocycles. The summed E-state index contributed by atoms with van der Waals surface area (Å²) < 4.78 is 1.13. The van der Waals surface area contributed by atoms with Crippen molar-refractivity contribution < 1.29 is 14.7 Å². The molecule has 1 aliphatic carbocycles. The molecule has 5 rings (SSSR count). The Kier molecular flexibility index (Phi) is 5.45. The minimum absolute atomic E-state index is 0.0674. The number of carboxylic acid groups (broad SMARTS) is 1. The van der Waals surface area contributed by atoms with E-state index in [1.165, 1.54) is 0 Å². The first-order chi connectivity index (χ1) is 15.6. The van der Waals surface area contributed by atoms with Crippen LogP contribution < -0.4 is 5.32 Å². The minimum Gasteiger partial charge on any atom is -0.481 e. The van der Waals surface area contributed by atoms with Gasteiger partial charge >= 0.3 is 5.97 Å². The van der Waals surface area contributed by atoms with Crippen LogP contribution in [0.2, 0.25) is 0 Å². The van der Waals surface area contributed by atoms with Crippen molar-refractivity contribution in [2.24, 2.45) is 11.8 Å². The van der Waals surface area contributed by atoms with Gasteiger partial charge in [-0.2, -0.15) is 0 Å². The number of hydrogen-bond donors (Lipinski definition) is 2. The maximum atomic E-state index is 13.3. The van der Waals surface area contributed by atoms with Gasteiger partial charge in [0.15, 0.2) is 10.9 Å². The molecule has 4 aromatic rings. The van der Waals surface area contributed by atoms with Gasteiger partial charge in [-0.1, -0.05) is 66.3 Å². The number of fused-ring (bicyclic) bond motifs is 1. The Bertz CT molecular complexity index is 1260. The lowest BCUT2D eigenvalue weighted by Gasteiger charge is -2.17. The Labute approximate surface area is 189 Å². The van der Waals surface area contributed by atoms with Crippen molar-refractivity contribution >= 4 is 44.1 Å². The third-order valence-corrected chi connectivity index (χ3v) is 7.06. The van der Waals surface area contributed by atoms with Gasteiger partial charge in [0.05, 0.1) is 16.1 Å². The highest BCUT2D eigenvalue weighted by atomic mass is 32.1. The van der Waals surface area contributed by atoms with Crippen molar-refractivity contribution in [3.05, 3.63) is 78.4 Å². The Morgan fingerprint density at radius 1 is 0.906 bits per heavy atom. The van der Waals surface area contributed by atoms with E-state index < -0.39 is 17.8 Å². The quantitative estimate of drug-likeness (QED) is 0.338. The summed E-state index contributed by atoms with van der Waals surface area (Å²) in [4.78, 5) is 29.5. The number of anilines is 2. The first-order valence-electron chi connectivity index (χ1n) is 10.7. The van der Waals surface area contributed by atoms with Crippen LogP contribution in [-0.4, -0.2) is 21.8 Å². The zero-order valence-electron chi connectivity index (χ0n) is 17.3. The van der Waals surface area contributed by atoms with E-state index in [0.29, 0.717) is 18.4 Å². The van der Waals surface area contributed by atoms with Gasteiger partial charge in [0.25, 0.3) is 0 Å². The molecule has 3 aromatic carbocycles. The van der Waals surface area contributed by atoms with Gasteiger partial charge in [-0.05, 0) is 48.2 Å². The van der Waals surface area contributed by atoms with Crippen LogP contribution in [0, 0.1) is 11.8 Å². The molecule has 0 amide bonds. The Morgan fingerprint density at radius 2 is 1.62 bits per heavy atom. The van der Waals surface area contributed by atoms with E-state index in [1.54, 1.807) is 11.3 Å². The molecule has 0 spiro atoms. The first kappa shape index (κ1) is 20.4. The number of thiazole rings is 1. The smallest absolute Gasteiger partial charge is 0.307 e. The van der Waals surface area contributed by atoms with Crippen molar-refractivity contribution in [1.29, 1.82) is 0 Å². The Balaban J connectivity index is 1.39. The van der Waals surface area contributed by atoms with Crippen LogP contribution in [0.5, 0.6) is 0 Å². The van der Waals surface area contributed by atoms with Crippen LogP contribution in [0.15, 0.2) is 72.8 Å². The second kappa shape index (κ2) is 8.55. The molecule has 32 heavy (non-hydrogen) atoms. The maximum Gasteiger partial charge on any atom is 0.307 e. The van der Waals surface area contributed by atoms with Crippen LogP contribution in [0.1, 0.15) is 29.6 Å². The molecular formula is C26H22N2O3S. The average molecular weight is 443 g/mol. The number of ketones is 1. The van der Waals surface area contributed by atoms with Crippen molar-refractivity contribution in [3.8, 4) is 11.1 Å². The summed E-state index contributed by atoms with van der Waals surface area (Å²) in [7, 11) is 0. The van der Waals surface area contributed by atoms with Crippen LogP contribution in [0.25, 0.3) is 21.3 Å². The highest BCUT2D eigenvalue weighted by Crippen LogP contribution is 2.37. The lowest BCUT2D eigenvalue weighted by Crippen LogP contribution is -2.25. The number of nitrogens with zero attached hydrogens (tertiary/aromatic N) is 1. The standard InChI is InChI=1S/C26H22N2O3S/c29-24(20-8-5-9-21(20)25(30)31)19-7-2-1-6-18(19)16-12-14-17(15-13-16)27-26-28-22-10-3-4-11-23(22)32-26/h1-4,6-7,10-15,20-21H,5,8-9H2,(H,27,28)(H,30,31)/t20-,21-/m0/s1. The number of aromatic nitrogens is 1. The number of carbonyl (C=O) groups excluding carboxylic acids is 1. The van der Waals surface area contributed by atoms with Gasteiger partial charge in [-0.3, -0.25) is 9.59 Å². The molecular weight excluding hydrogens is 420 g/mol. The topological polar surface area (TPSA) is 79.3 Å². The number of aliphatic carboxylic acids is 1. The summed E-state index contributed by atoms with van der Waals surface area (Å²) in [5.74, 6) is -1.98.